The molecule has 3 nitrogen and oxygen atoms in total. The highest BCUT2D eigenvalue weighted by atomic mass is 79.9. The monoisotopic (exact) mass is 588 g/mol. The van der Waals surface area contributed by atoms with Gasteiger partial charge in [-0.25, -0.2) is 8.42 Å². The van der Waals surface area contributed by atoms with Crippen molar-refractivity contribution in [2.75, 3.05) is 11.5 Å². The third-order valence-corrected chi connectivity index (χ3v) is 18.7. The van der Waals surface area contributed by atoms with Crippen molar-refractivity contribution in [2.45, 2.75) is 114 Å². The highest BCUT2D eigenvalue weighted by Crippen LogP contribution is 2.72. The summed E-state index contributed by atoms with van der Waals surface area (Å²) >= 11 is 3.86. The van der Waals surface area contributed by atoms with E-state index in [9.17, 15) is 12.6 Å². The summed E-state index contributed by atoms with van der Waals surface area (Å²) in [4.78, 5) is 0.359. The fourth-order valence-corrected chi connectivity index (χ4v) is 17.3. The van der Waals surface area contributed by atoms with Gasteiger partial charge >= 0.3 is 0 Å². The molecule has 35 heavy (non-hydrogen) atoms. The topological polar surface area (TPSA) is 51.2 Å². The molecule has 11 atom stereocenters. The fraction of sp³-hybridized carbons (Fsp3) is 1.00. The number of rotatable bonds is 5. The Kier molecular flexibility index (Phi) is 7.25. The van der Waals surface area contributed by atoms with Crippen molar-refractivity contribution in [3.63, 3.8) is 0 Å². The summed E-state index contributed by atoms with van der Waals surface area (Å²) in [6, 6.07) is 0. The Morgan fingerprint density at radius 3 is 2.31 bits per heavy atom. The number of hydrogen-bond acceptors (Lipinski definition) is 3. The summed E-state index contributed by atoms with van der Waals surface area (Å²) in [5.41, 5.74) is 0.321. The maximum Gasteiger partial charge on any atom is 0.169 e. The Morgan fingerprint density at radius 1 is 0.971 bits per heavy atom. The summed E-state index contributed by atoms with van der Waals surface area (Å²) in [6.45, 7) is 12.1. The largest absolute Gasteiger partial charge is 0.258 e. The van der Waals surface area contributed by atoms with Crippen LogP contribution in [0.2, 0.25) is 0 Å². The van der Waals surface area contributed by atoms with Crippen LogP contribution in [0.3, 0.4) is 0 Å². The maximum atomic E-state index is 13.8. The lowest BCUT2D eigenvalue weighted by molar-refractivity contribution is -0.116. The van der Waals surface area contributed by atoms with Gasteiger partial charge in [-0.2, -0.15) is 0 Å². The van der Waals surface area contributed by atoms with E-state index in [4.69, 9.17) is 0 Å². The van der Waals surface area contributed by atoms with Gasteiger partial charge in [-0.15, -0.1) is 0 Å². The van der Waals surface area contributed by atoms with Crippen molar-refractivity contribution in [1.29, 1.82) is 0 Å². The lowest BCUT2D eigenvalue weighted by atomic mass is 9.44. The Balaban J connectivity index is 1.49. The van der Waals surface area contributed by atoms with Crippen LogP contribution in [0.25, 0.3) is 0 Å². The highest BCUT2D eigenvalue weighted by molar-refractivity contribution is 9.09. The van der Waals surface area contributed by atoms with Gasteiger partial charge in [0.2, 0.25) is 0 Å². The lowest BCUT2D eigenvalue weighted by Gasteiger charge is -2.65. The number of fused-ring (bicyclic) bond motifs is 6. The molecule has 0 bridgehead atoms. The quantitative estimate of drug-likeness (QED) is 0.315. The first-order valence-electron chi connectivity index (χ1n) is 14.6. The van der Waals surface area contributed by atoms with Gasteiger partial charge in [-0.3, -0.25) is 4.21 Å². The Bertz CT molecular complexity index is 950. The van der Waals surface area contributed by atoms with Crippen molar-refractivity contribution >= 4 is 36.6 Å². The minimum atomic E-state index is -3.36. The lowest BCUT2D eigenvalue weighted by Crippen LogP contribution is -2.65. The van der Waals surface area contributed by atoms with Crippen LogP contribution in [0.1, 0.15) is 105 Å². The molecule has 202 valence electrons. The number of alkyl halides is 1. The van der Waals surface area contributed by atoms with Crippen molar-refractivity contribution in [3.8, 4) is 0 Å². The Morgan fingerprint density at radius 2 is 1.66 bits per heavy atom. The second-order valence-corrected chi connectivity index (χ2v) is 20.0. The first kappa shape index (κ1) is 27.2. The summed E-state index contributed by atoms with van der Waals surface area (Å²) in [5.74, 6) is 4.43. The molecule has 6 heteroatoms. The molecule has 5 rings (SSSR count). The summed E-state index contributed by atoms with van der Waals surface area (Å²) in [7, 11) is -4.63. The van der Waals surface area contributed by atoms with Gasteiger partial charge in [0.25, 0.3) is 0 Å². The third-order valence-electron chi connectivity index (χ3n) is 12.3. The number of hydrogen-bond donors (Lipinski definition) is 0. The van der Waals surface area contributed by atoms with Gasteiger partial charge in [0.15, 0.2) is 13.9 Å². The summed E-state index contributed by atoms with van der Waals surface area (Å²) < 4.78 is 40.5. The molecular formula is C29H49BrO3S2. The summed E-state index contributed by atoms with van der Waals surface area (Å²) in [6.07, 6.45) is 12.9. The van der Waals surface area contributed by atoms with Gasteiger partial charge in [-0.1, -0.05) is 69.8 Å². The van der Waals surface area contributed by atoms with E-state index in [1.807, 2.05) is 0 Å². The average molecular weight is 590 g/mol. The predicted octanol–water partition coefficient (Wildman–Crippen LogP) is 7.35. The van der Waals surface area contributed by atoms with Gasteiger partial charge in [0.05, 0.1) is 5.75 Å². The zero-order valence-corrected chi connectivity index (χ0v) is 25.9. The van der Waals surface area contributed by atoms with E-state index in [0.717, 1.165) is 37.0 Å². The molecule has 0 aromatic rings. The Hall–Kier alpha value is 0.580. The van der Waals surface area contributed by atoms with Crippen LogP contribution in [0.15, 0.2) is 0 Å². The van der Waals surface area contributed by atoms with E-state index in [1.165, 1.54) is 44.9 Å². The summed E-state index contributed by atoms with van der Waals surface area (Å²) in [5, 5.41) is 0. The first-order chi connectivity index (χ1) is 16.4. The van der Waals surface area contributed by atoms with Crippen molar-refractivity contribution < 1.29 is 12.6 Å². The molecule has 4 saturated carbocycles. The van der Waals surface area contributed by atoms with Gasteiger partial charge in [-0.05, 0) is 104 Å². The maximum absolute atomic E-state index is 13.8. The Labute approximate surface area is 226 Å². The third kappa shape index (κ3) is 4.02. The molecule has 4 aliphatic carbocycles. The van der Waals surface area contributed by atoms with Crippen LogP contribution in [-0.2, 0) is 20.6 Å². The zero-order chi connectivity index (χ0) is 25.4. The van der Waals surface area contributed by atoms with Crippen LogP contribution < -0.4 is 0 Å². The zero-order valence-electron chi connectivity index (χ0n) is 22.7. The molecule has 1 unspecified atom stereocenters. The molecule has 0 radical (unpaired) electrons. The number of sulfone groups is 1. The minimum Gasteiger partial charge on any atom is -0.258 e. The van der Waals surface area contributed by atoms with E-state index >= 15 is 0 Å². The molecule has 5 aliphatic rings. The highest BCUT2D eigenvalue weighted by Gasteiger charge is 2.72. The van der Waals surface area contributed by atoms with Crippen LogP contribution in [0, 0.1) is 52.3 Å². The first-order valence-corrected chi connectivity index (χ1v) is 18.5. The van der Waals surface area contributed by atoms with Crippen molar-refractivity contribution in [2.24, 2.45) is 52.3 Å². The molecule has 1 spiro atoms. The van der Waals surface area contributed by atoms with Crippen LogP contribution in [-0.4, -0.2) is 33.0 Å². The minimum absolute atomic E-state index is 0.00253. The van der Waals surface area contributed by atoms with E-state index in [2.05, 4.69) is 50.5 Å². The second kappa shape index (κ2) is 9.35. The van der Waals surface area contributed by atoms with Crippen molar-refractivity contribution in [3.05, 3.63) is 0 Å². The van der Waals surface area contributed by atoms with Crippen LogP contribution >= 0.6 is 15.9 Å². The van der Waals surface area contributed by atoms with Gasteiger partial charge in [0.1, 0.15) is 0 Å². The smallest absolute Gasteiger partial charge is 0.169 e. The van der Waals surface area contributed by atoms with Gasteiger partial charge < -0.3 is 0 Å². The molecular weight excluding hydrogens is 540 g/mol. The van der Waals surface area contributed by atoms with Gasteiger partial charge in [0, 0.05) is 21.4 Å². The van der Waals surface area contributed by atoms with E-state index in [0.29, 0.717) is 40.2 Å². The van der Waals surface area contributed by atoms with Crippen LogP contribution in [0.5, 0.6) is 0 Å². The average Bonchev–Trinajstić information content (AvgIpc) is 3.24. The molecule has 1 heterocycles. The van der Waals surface area contributed by atoms with Crippen molar-refractivity contribution in [1.82, 2.24) is 0 Å². The van der Waals surface area contributed by atoms with Crippen LogP contribution in [0.4, 0.5) is 0 Å². The molecule has 1 aliphatic heterocycles. The molecule has 5 fully saturated rings. The van der Waals surface area contributed by atoms with E-state index in [-0.39, 0.29) is 17.1 Å². The predicted molar refractivity (Wildman–Crippen MR) is 151 cm³/mol. The molecule has 0 amide bonds. The normalized spacial score (nSPS) is 51.7. The fourth-order valence-electron chi connectivity index (χ4n) is 10.6. The SMILES string of the molecule is CC(C)CCC[C@@H](C)[C@H]1CC[C@H]2[C@@H]3C[C@]4([C@H]5C[C@@H](Br)CC[C@]5(C)[C@H]3CC[C@]12C)S(=O)CCS4(=O)=O. The number of halogens is 1. The van der Waals surface area contributed by atoms with E-state index in [1.54, 1.807) is 0 Å². The standard InChI is InChI=1S/C29H49BrO3S2/c1-19(2)7-6-8-20(3)23-9-10-24-22-18-29(34(31)15-16-35(29,32)33)26-17-21(30)11-13-28(26,5)25(22)12-14-27(23,24)4/h19-26H,6-18H2,1-5H3/t20-,21+,22+,23-,24+,25+,26+,27-,28-,29+,34?/m1/s1. The molecule has 0 N–H and O–H groups in total. The molecule has 0 aromatic carbocycles. The molecule has 0 aromatic heterocycles. The molecule has 1 saturated heterocycles. The van der Waals surface area contributed by atoms with E-state index < -0.39 is 24.7 Å². The second-order valence-electron chi connectivity index (χ2n) is 14.2.